The molecule has 1 rings (SSSR count). The molecule has 0 saturated heterocycles. The summed E-state index contributed by atoms with van der Waals surface area (Å²) in [5.74, 6) is -0.555. The van der Waals surface area contributed by atoms with Crippen LogP contribution in [0.4, 0.5) is 18.9 Å². The van der Waals surface area contributed by atoms with Gasteiger partial charge in [-0.05, 0) is 25.1 Å². The van der Waals surface area contributed by atoms with Gasteiger partial charge in [-0.15, -0.1) is 0 Å². The SMILES string of the molecule is CNCc1ccccc1NS(=O)(=O)CCCC(F)(F)F. The Kier molecular flexibility index (Phi) is 5.82. The summed E-state index contributed by atoms with van der Waals surface area (Å²) < 4.78 is 61.8. The third kappa shape index (κ3) is 6.25. The maximum Gasteiger partial charge on any atom is 0.389 e. The molecule has 1 aromatic rings. The molecule has 0 fully saturated rings. The van der Waals surface area contributed by atoms with Crippen molar-refractivity contribution in [3.63, 3.8) is 0 Å². The monoisotopic (exact) mass is 310 g/mol. The summed E-state index contributed by atoms with van der Waals surface area (Å²) in [4.78, 5) is 0. The summed E-state index contributed by atoms with van der Waals surface area (Å²) in [6.45, 7) is 0.460. The standard InChI is InChI=1S/C12H17F3N2O2S/c1-16-9-10-5-2-3-6-11(10)17-20(18,19)8-4-7-12(13,14)15/h2-3,5-6,16-17H,4,7-9H2,1H3. The summed E-state index contributed by atoms with van der Waals surface area (Å²) >= 11 is 0. The zero-order valence-electron chi connectivity index (χ0n) is 11.0. The normalized spacial score (nSPS) is 12.4. The molecule has 8 heteroatoms. The fraction of sp³-hybridized carbons (Fsp3) is 0.500. The number of rotatable bonds is 7. The number of anilines is 1. The molecule has 114 valence electrons. The van der Waals surface area contributed by atoms with Crippen molar-refractivity contribution >= 4 is 15.7 Å². The summed E-state index contributed by atoms with van der Waals surface area (Å²) in [6, 6.07) is 6.74. The lowest BCUT2D eigenvalue weighted by atomic mass is 10.2. The maximum atomic E-state index is 12.0. The van der Waals surface area contributed by atoms with E-state index in [0.29, 0.717) is 12.2 Å². The first-order chi connectivity index (χ1) is 9.23. The highest BCUT2D eigenvalue weighted by Gasteiger charge is 2.27. The number of alkyl halides is 3. The minimum absolute atomic E-state index is 0.383. The zero-order valence-corrected chi connectivity index (χ0v) is 11.8. The van der Waals surface area contributed by atoms with Gasteiger partial charge in [0.1, 0.15) is 0 Å². The van der Waals surface area contributed by atoms with Crippen LogP contribution in [0.1, 0.15) is 18.4 Å². The number of benzene rings is 1. The van der Waals surface area contributed by atoms with E-state index in [1.807, 2.05) is 0 Å². The largest absolute Gasteiger partial charge is 0.389 e. The minimum atomic E-state index is -4.33. The van der Waals surface area contributed by atoms with Crippen LogP contribution in [0, 0.1) is 0 Å². The third-order valence-corrected chi connectivity index (χ3v) is 3.88. The molecule has 0 aromatic heterocycles. The average Bonchev–Trinajstić information content (AvgIpc) is 2.29. The predicted molar refractivity (Wildman–Crippen MR) is 71.9 cm³/mol. The first-order valence-electron chi connectivity index (χ1n) is 6.03. The van der Waals surface area contributed by atoms with Crippen LogP contribution >= 0.6 is 0 Å². The summed E-state index contributed by atoms with van der Waals surface area (Å²) in [6.07, 6.45) is -5.89. The molecule has 1 aromatic carbocycles. The van der Waals surface area contributed by atoms with Crippen molar-refractivity contribution in [2.75, 3.05) is 17.5 Å². The van der Waals surface area contributed by atoms with Gasteiger partial charge in [-0.1, -0.05) is 18.2 Å². The molecular weight excluding hydrogens is 293 g/mol. The van der Waals surface area contributed by atoms with Crippen LogP contribution < -0.4 is 10.0 Å². The highest BCUT2D eigenvalue weighted by molar-refractivity contribution is 7.92. The van der Waals surface area contributed by atoms with Crippen molar-refractivity contribution in [3.8, 4) is 0 Å². The summed E-state index contributed by atoms with van der Waals surface area (Å²) in [5.41, 5.74) is 1.11. The molecule has 2 N–H and O–H groups in total. The predicted octanol–water partition coefficient (Wildman–Crippen LogP) is 2.49. The molecule has 0 saturated carbocycles. The van der Waals surface area contributed by atoms with Gasteiger partial charge in [0.05, 0.1) is 11.4 Å². The first-order valence-corrected chi connectivity index (χ1v) is 7.68. The molecule has 20 heavy (non-hydrogen) atoms. The Balaban J connectivity index is 2.67. The van der Waals surface area contributed by atoms with E-state index in [9.17, 15) is 21.6 Å². The van der Waals surface area contributed by atoms with Gasteiger partial charge in [-0.25, -0.2) is 8.42 Å². The molecule has 0 spiro atoms. The molecule has 0 heterocycles. The van der Waals surface area contributed by atoms with Gasteiger partial charge in [0.25, 0.3) is 0 Å². The molecule has 0 aliphatic rings. The number of para-hydroxylation sites is 1. The van der Waals surface area contributed by atoms with Gasteiger partial charge in [0, 0.05) is 13.0 Å². The lowest BCUT2D eigenvalue weighted by Crippen LogP contribution is -2.20. The second-order valence-electron chi connectivity index (χ2n) is 4.33. The zero-order chi connectivity index (χ0) is 15.2. The number of hydrogen-bond acceptors (Lipinski definition) is 3. The van der Waals surface area contributed by atoms with E-state index in [1.54, 1.807) is 31.3 Å². The van der Waals surface area contributed by atoms with Crippen molar-refractivity contribution in [2.24, 2.45) is 0 Å². The van der Waals surface area contributed by atoms with Gasteiger partial charge in [0.15, 0.2) is 0 Å². The van der Waals surface area contributed by atoms with E-state index in [2.05, 4.69) is 10.0 Å². The van der Waals surface area contributed by atoms with Crippen LogP contribution in [-0.4, -0.2) is 27.4 Å². The van der Waals surface area contributed by atoms with Gasteiger partial charge in [-0.2, -0.15) is 13.2 Å². The van der Waals surface area contributed by atoms with Crippen molar-refractivity contribution in [1.29, 1.82) is 0 Å². The van der Waals surface area contributed by atoms with Gasteiger partial charge < -0.3 is 5.32 Å². The van der Waals surface area contributed by atoms with Gasteiger partial charge in [0.2, 0.25) is 10.0 Å². The lowest BCUT2D eigenvalue weighted by molar-refractivity contribution is -0.134. The lowest BCUT2D eigenvalue weighted by Gasteiger charge is -2.12. The van der Waals surface area contributed by atoms with E-state index in [0.717, 1.165) is 5.56 Å². The van der Waals surface area contributed by atoms with Crippen LogP contribution in [0.3, 0.4) is 0 Å². The second-order valence-corrected chi connectivity index (χ2v) is 6.17. The van der Waals surface area contributed by atoms with Gasteiger partial charge in [-0.3, -0.25) is 4.72 Å². The highest BCUT2D eigenvalue weighted by Crippen LogP contribution is 2.22. The Bertz CT molecular complexity index is 530. The van der Waals surface area contributed by atoms with E-state index in [1.165, 1.54) is 0 Å². The smallest absolute Gasteiger partial charge is 0.316 e. The fourth-order valence-corrected chi connectivity index (χ4v) is 2.81. The van der Waals surface area contributed by atoms with E-state index in [4.69, 9.17) is 0 Å². The van der Waals surface area contributed by atoms with Gasteiger partial charge >= 0.3 is 6.18 Å². The van der Waals surface area contributed by atoms with Crippen molar-refractivity contribution in [3.05, 3.63) is 29.8 Å². The Morgan fingerprint density at radius 3 is 2.45 bits per heavy atom. The maximum absolute atomic E-state index is 12.0. The number of sulfonamides is 1. The molecule has 0 radical (unpaired) electrons. The molecule has 0 bridgehead atoms. The van der Waals surface area contributed by atoms with E-state index in [-0.39, 0.29) is 0 Å². The first kappa shape index (κ1) is 16.8. The molecule has 0 aliphatic heterocycles. The quantitative estimate of drug-likeness (QED) is 0.813. The molecular formula is C12H17F3N2O2S. The van der Waals surface area contributed by atoms with Crippen molar-refractivity contribution < 1.29 is 21.6 Å². The Hall–Kier alpha value is -1.28. The number of nitrogens with one attached hydrogen (secondary N) is 2. The molecule has 4 nitrogen and oxygen atoms in total. The number of halogens is 3. The Morgan fingerprint density at radius 2 is 1.85 bits per heavy atom. The van der Waals surface area contributed by atoms with Crippen molar-refractivity contribution in [2.45, 2.75) is 25.6 Å². The number of hydrogen-bond donors (Lipinski definition) is 2. The molecule has 0 unspecified atom stereocenters. The second kappa shape index (κ2) is 6.94. The Morgan fingerprint density at radius 1 is 1.20 bits per heavy atom. The highest BCUT2D eigenvalue weighted by atomic mass is 32.2. The average molecular weight is 310 g/mol. The molecule has 0 amide bonds. The minimum Gasteiger partial charge on any atom is -0.316 e. The van der Waals surface area contributed by atoms with Crippen molar-refractivity contribution in [1.82, 2.24) is 5.32 Å². The molecule has 0 aliphatic carbocycles. The van der Waals surface area contributed by atoms with Crippen LogP contribution in [0.25, 0.3) is 0 Å². The van der Waals surface area contributed by atoms with E-state index < -0.39 is 34.8 Å². The van der Waals surface area contributed by atoms with E-state index >= 15 is 0 Å². The van der Waals surface area contributed by atoms with Crippen LogP contribution in [0.5, 0.6) is 0 Å². The summed E-state index contributed by atoms with van der Waals surface area (Å²) in [5, 5.41) is 2.89. The van der Waals surface area contributed by atoms with Crippen LogP contribution in [-0.2, 0) is 16.6 Å². The third-order valence-electron chi connectivity index (χ3n) is 2.52. The van der Waals surface area contributed by atoms with Crippen LogP contribution in [0.15, 0.2) is 24.3 Å². The molecule has 0 atom stereocenters. The van der Waals surface area contributed by atoms with Crippen LogP contribution in [0.2, 0.25) is 0 Å². The topological polar surface area (TPSA) is 58.2 Å². The Labute approximate surface area is 116 Å². The fourth-order valence-electron chi connectivity index (χ4n) is 1.65. The summed E-state index contributed by atoms with van der Waals surface area (Å²) in [7, 11) is -2.06.